The molecule has 14 atom stereocenters. The Bertz CT molecular complexity index is 2080. The number of hydrogen-bond donors (Lipinski definition) is 5. The molecule has 1 spiro atoms. The molecule has 15 nitrogen and oxygen atoms in total. The van der Waals surface area contributed by atoms with Crippen LogP contribution in [0.4, 0.5) is 0 Å². The van der Waals surface area contributed by atoms with E-state index in [9.17, 15) is 35.1 Å². The van der Waals surface area contributed by atoms with Crippen LogP contribution in [0.1, 0.15) is 92.9 Å². The molecule has 0 radical (unpaired) electrons. The second-order valence-corrected chi connectivity index (χ2v) is 19.2. The standard InChI is InChI=1S/C45H59NO14/c1-24-8-15-34-40(3,50)44(53)33(22-46(34)21-24)42(52)23-43-32(41(42,51)20-35(44)47)14-13-31-39(43,2)17-16-36(58-37(48)25-9-11-27(54-4)29(18-25)56-6)45(31,60-43)59-38(49)26-10-12-28(55-5)30(19-26)57-7/h9-12,18-19,24,31-36,47,50-53H,8,13-17,20-23H2,1-7H3/t24-,31-,32-,33-,34-,35-,36-,39-,40+,41+,42+,43+,44-,45-/m0/s1. The first-order valence-electron chi connectivity index (χ1n) is 21.2. The van der Waals surface area contributed by atoms with E-state index in [0.717, 1.165) is 6.42 Å². The van der Waals surface area contributed by atoms with E-state index >= 15 is 0 Å². The zero-order chi connectivity index (χ0) is 43.0. The van der Waals surface area contributed by atoms with E-state index in [1.54, 1.807) is 25.1 Å². The molecule has 2 aromatic rings. The Hall–Kier alpha value is -3.70. The van der Waals surface area contributed by atoms with Crippen LogP contribution in [-0.4, -0.2) is 136 Å². The van der Waals surface area contributed by atoms with Crippen LogP contribution in [0.5, 0.6) is 23.0 Å². The maximum absolute atomic E-state index is 14.5. The van der Waals surface area contributed by atoms with Gasteiger partial charge in [0.15, 0.2) is 29.1 Å². The lowest BCUT2D eigenvalue weighted by molar-refractivity contribution is -0.354. The number of ether oxygens (including phenoxy) is 7. The number of rotatable bonds is 8. The molecule has 3 saturated heterocycles. The molecule has 15 heteroatoms. The quantitative estimate of drug-likeness (QED) is 0.243. The molecule has 0 unspecified atom stereocenters. The van der Waals surface area contributed by atoms with E-state index in [1.807, 2.05) is 6.92 Å². The van der Waals surface area contributed by atoms with E-state index in [0.29, 0.717) is 61.1 Å². The summed E-state index contributed by atoms with van der Waals surface area (Å²) < 4.78 is 42.1. The molecule has 5 N–H and O–H groups in total. The van der Waals surface area contributed by atoms with Gasteiger partial charge in [-0.3, -0.25) is 4.90 Å². The van der Waals surface area contributed by atoms with Crippen LogP contribution in [0, 0.1) is 29.1 Å². The summed E-state index contributed by atoms with van der Waals surface area (Å²) in [6.07, 6.45) is -0.630. The highest BCUT2D eigenvalue weighted by Gasteiger charge is 2.89. The molecular weight excluding hydrogens is 778 g/mol. The Balaban J connectivity index is 1.15. The maximum atomic E-state index is 14.5. The van der Waals surface area contributed by atoms with Gasteiger partial charge in [0, 0.05) is 55.1 Å². The Labute approximate surface area is 349 Å². The summed E-state index contributed by atoms with van der Waals surface area (Å²) in [6.45, 7) is 6.44. The molecule has 4 aliphatic carbocycles. The summed E-state index contributed by atoms with van der Waals surface area (Å²) in [4.78, 5) is 30.7. The van der Waals surface area contributed by atoms with Gasteiger partial charge in [-0.15, -0.1) is 0 Å². The Morgan fingerprint density at radius 1 is 0.733 bits per heavy atom. The molecule has 328 valence electrons. The summed E-state index contributed by atoms with van der Waals surface area (Å²) in [5, 5.41) is 63.9. The number of aliphatic hydroxyl groups excluding tert-OH is 1. The first-order chi connectivity index (χ1) is 28.3. The fourth-order valence-electron chi connectivity index (χ4n) is 13.9. The Morgan fingerprint density at radius 3 is 1.95 bits per heavy atom. The third-order valence-electron chi connectivity index (χ3n) is 16.8. The van der Waals surface area contributed by atoms with Crippen LogP contribution in [0.3, 0.4) is 0 Å². The lowest BCUT2D eigenvalue weighted by atomic mass is 9.49. The number of aliphatic hydroxyl groups is 5. The normalized spacial score (nSPS) is 45.0. The number of fused-ring (bicyclic) bond motifs is 5. The Morgan fingerprint density at radius 2 is 1.33 bits per heavy atom. The fourth-order valence-corrected chi connectivity index (χ4v) is 13.9. The van der Waals surface area contributed by atoms with Crippen molar-refractivity contribution < 1.29 is 68.3 Å². The third kappa shape index (κ3) is 5.14. The van der Waals surface area contributed by atoms with Gasteiger partial charge < -0.3 is 58.7 Å². The number of carbonyl (C=O) groups excluding carboxylic acids is 2. The van der Waals surface area contributed by atoms with Crippen molar-refractivity contribution in [3.63, 3.8) is 0 Å². The summed E-state index contributed by atoms with van der Waals surface area (Å²) in [7, 11) is 5.88. The van der Waals surface area contributed by atoms with Crippen molar-refractivity contribution >= 4 is 11.9 Å². The van der Waals surface area contributed by atoms with Gasteiger partial charge in [0.2, 0.25) is 0 Å². The molecule has 7 aliphatic rings. The topological polar surface area (TPSA) is 203 Å². The highest BCUT2D eigenvalue weighted by molar-refractivity contribution is 5.91. The van der Waals surface area contributed by atoms with Crippen molar-refractivity contribution in [2.75, 3.05) is 41.5 Å². The van der Waals surface area contributed by atoms with Crippen LogP contribution >= 0.6 is 0 Å². The summed E-state index contributed by atoms with van der Waals surface area (Å²) in [6, 6.07) is 8.80. The highest BCUT2D eigenvalue weighted by atomic mass is 16.8. The molecule has 2 aromatic carbocycles. The maximum Gasteiger partial charge on any atom is 0.340 e. The van der Waals surface area contributed by atoms with Gasteiger partial charge in [0.25, 0.3) is 5.79 Å². The lowest BCUT2D eigenvalue weighted by Gasteiger charge is -2.68. The van der Waals surface area contributed by atoms with Gasteiger partial charge in [-0.05, 0) is 87.8 Å². The minimum Gasteiger partial charge on any atom is -0.493 e. The number of benzene rings is 2. The van der Waals surface area contributed by atoms with Gasteiger partial charge in [-0.25, -0.2) is 9.59 Å². The first-order valence-corrected chi connectivity index (χ1v) is 21.2. The van der Waals surface area contributed by atoms with Gasteiger partial charge in [0.1, 0.15) is 22.4 Å². The minimum atomic E-state index is -2.18. The molecule has 3 aliphatic heterocycles. The summed E-state index contributed by atoms with van der Waals surface area (Å²) in [5.41, 5.74) is -10.1. The van der Waals surface area contributed by atoms with E-state index < -0.39 is 93.6 Å². The van der Waals surface area contributed by atoms with Crippen molar-refractivity contribution in [1.82, 2.24) is 4.90 Å². The first kappa shape index (κ1) is 41.6. The SMILES string of the molecule is COc1ccc(C(=O)O[C@H]2CC[C@@]3(C)[C@@H]4CC[C@H]5[C@]6(O)C[C@H](O)[C@@]7(O)[C@@H](CN8C[C@@H](C)CC[C@H]8[C@@]7(C)O)[C@]6(O)C[C@@]53O[C@]24OC(=O)c2ccc(OC)c(OC)c2)cc1OC. The number of esters is 2. The van der Waals surface area contributed by atoms with E-state index in [4.69, 9.17) is 33.2 Å². The smallest absolute Gasteiger partial charge is 0.340 e. The summed E-state index contributed by atoms with van der Waals surface area (Å²) in [5.74, 6) is -4.25. The van der Waals surface area contributed by atoms with Gasteiger partial charge in [-0.2, -0.15) is 0 Å². The fraction of sp³-hybridized carbons (Fsp3) is 0.689. The van der Waals surface area contributed by atoms with Gasteiger partial charge >= 0.3 is 11.9 Å². The second kappa shape index (κ2) is 13.6. The van der Waals surface area contributed by atoms with Crippen molar-refractivity contribution in [3.8, 4) is 23.0 Å². The van der Waals surface area contributed by atoms with Gasteiger partial charge in [-0.1, -0.05) is 13.8 Å². The molecule has 60 heavy (non-hydrogen) atoms. The molecule has 9 rings (SSSR count). The largest absolute Gasteiger partial charge is 0.493 e. The minimum absolute atomic E-state index is 0.124. The average Bonchev–Trinajstić information content (AvgIpc) is 3.40. The number of carbonyl (C=O) groups is 2. The zero-order valence-electron chi connectivity index (χ0n) is 35.4. The number of piperidine rings is 2. The molecule has 0 aromatic heterocycles. The number of methoxy groups -OCH3 is 4. The number of hydrogen-bond acceptors (Lipinski definition) is 15. The van der Waals surface area contributed by atoms with Crippen molar-refractivity contribution in [1.29, 1.82) is 0 Å². The van der Waals surface area contributed by atoms with Crippen LogP contribution in [0.15, 0.2) is 36.4 Å². The molecule has 3 heterocycles. The third-order valence-corrected chi connectivity index (χ3v) is 16.8. The highest BCUT2D eigenvalue weighted by Crippen LogP contribution is 2.79. The van der Waals surface area contributed by atoms with Crippen molar-refractivity contribution in [3.05, 3.63) is 47.5 Å². The lowest BCUT2D eigenvalue weighted by Crippen LogP contribution is -2.85. The molecule has 4 saturated carbocycles. The van der Waals surface area contributed by atoms with E-state index in [1.165, 1.54) is 46.6 Å². The van der Waals surface area contributed by atoms with E-state index in [-0.39, 0.29) is 30.5 Å². The number of nitrogens with zero attached hydrogens (tertiary/aromatic N) is 1. The predicted octanol–water partition coefficient (Wildman–Crippen LogP) is 3.24. The van der Waals surface area contributed by atoms with Gasteiger partial charge in [0.05, 0.1) is 51.3 Å². The molecule has 4 bridgehead atoms. The Kier molecular flexibility index (Phi) is 9.47. The zero-order valence-corrected chi connectivity index (χ0v) is 35.4. The van der Waals surface area contributed by atoms with Crippen LogP contribution in [-0.2, 0) is 14.2 Å². The van der Waals surface area contributed by atoms with Crippen LogP contribution in [0.2, 0.25) is 0 Å². The molecule has 0 amide bonds. The molecule has 7 fully saturated rings. The predicted molar refractivity (Wildman–Crippen MR) is 212 cm³/mol. The monoisotopic (exact) mass is 837 g/mol. The second-order valence-electron chi connectivity index (χ2n) is 19.2. The van der Waals surface area contributed by atoms with Crippen LogP contribution < -0.4 is 18.9 Å². The van der Waals surface area contributed by atoms with Crippen molar-refractivity contribution in [2.45, 2.75) is 124 Å². The molecular formula is C45H59NO14. The van der Waals surface area contributed by atoms with E-state index in [2.05, 4.69) is 11.8 Å². The van der Waals surface area contributed by atoms with Crippen LogP contribution in [0.25, 0.3) is 0 Å². The average molecular weight is 838 g/mol. The summed E-state index contributed by atoms with van der Waals surface area (Å²) >= 11 is 0. The van der Waals surface area contributed by atoms with Crippen molar-refractivity contribution in [2.24, 2.45) is 29.1 Å².